The normalized spacial score (nSPS) is 15.1. The fraction of sp³-hybridized carbons (Fsp3) is 0.500. The molecule has 85 heavy (non-hydrogen) atoms. The molecule has 8 atom stereocenters. The van der Waals surface area contributed by atoms with Crippen LogP contribution in [0.25, 0.3) is 0 Å². The van der Waals surface area contributed by atoms with Crippen molar-refractivity contribution in [3.05, 3.63) is 65.7 Å². The van der Waals surface area contributed by atoms with Crippen LogP contribution in [0.4, 0.5) is 0 Å². The van der Waals surface area contributed by atoms with Crippen molar-refractivity contribution in [3.8, 4) is 5.75 Å². The minimum atomic E-state index is -1.84. The van der Waals surface area contributed by atoms with Crippen LogP contribution in [0.15, 0.2) is 54.6 Å². The number of carboxylic acid groups (broad SMARTS) is 1. The molecule has 2 aromatic carbocycles. The van der Waals surface area contributed by atoms with E-state index in [2.05, 4.69) is 73.1 Å². The van der Waals surface area contributed by atoms with E-state index in [4.69, 9.17) is 28.0 Å². The number of nitrogens with zero attached hydrogens (tertiary/aromatic N) is 1. The molecule has 1 heterocycles. The number of primary amides is 2. The van der Waals surface area contributed by atoms with Gasteiger partial charge in [-0.05, 0) is 68.3 Å². The number of thiol groups is 2. The lowest BCUT2D eigenvalue weighted by molar-refractivity contribution is -0.142. The fourth-order valence-electron chi connectivity index (χ4n) is 8.39. The van der Waals surface area contributed by atoms with Crippen LogP contribution in [0.2, 0.25) is 0 Å². The summed E-state index contributed by atoms with van der Waals surface area (Å²) in [7, 11) is 0. The summed E-state index contributed by atoms with van der Waals surface area (Å²) in [5, 5.41) is 42.5. The lowest BCUT2D eigenvalue weighted by atomic mass is 10.0. The van der Waals surface area contributed by atoms with E-state index in [1.807, 2.05) is 5.32 Å². The van der Waals surface area contributed by atoms with Gasteiger partial charge < -0.3 is 91.2 Å². The number of aliphatic carboxylic acids is 1. The second kappa shape index (κ2) is 36.9. The first-order valence-corrected chi connectivity index (χ1v) is 28.1. The molecular formula is C52H75N15O16S2. The van der Waals surface area contributed by atoms with Gasteiger partial charge in [-0.25, -0.2) is 0 Å². The number of unbranched alkanes of at least 4 members (excludes halogenated alkanes) is 1. The van der Waals surface area contributed by atoms with Gasteiger partial charge in [-0.2, -0.15) is 25.3 Å². The van der Waals surface area contributed by atoms with Gasteiger partial charge >= 0.3 is 5.97 Å². The Hall–Kier alpha value is -8.56. The van der Waals surface area contributed by atoms with E-state index in [9.17, 15) is 72.2 Å². The molecule has 0 bridgehead atoms. The van der Waals surface area contributed by atoms with E-state index in [1.165, 1.54) is 29.2 Å². The Morgan fingerprint density at radius 2 is 1.05 bits per heavy atom. The monoisotopic (exact) mass is 1230 g/mol. The second-order valence-electron chi connectivity index (χ2n) is 19.4. The molecule has 0 aromatic heterocycles. The fourth-order valence-corrected chi connectivity index (χ4v) is 8.91. The molecule has 31 nitrogen and oxygen atoms in total. The van der Waals surface area contributed by atoms with E-state index in [-0.39, 0.29) is 49.5 Å². The van der Waals surface area contributed by atoms with Crippen molar-refractivity contribution in [2.24, 2.45) is 22.9 Å². The largest absolute Gasteiger partial charge is 0.508 e. The van der Waals surface area contributed by atoms with Crippen LogP contribution in [0.3, 0.4) is 0 Å². The van der Waals surface area contributed by atoms with Gasteiger partial charge in [-0.3, -0.25) is 67.1 Å². The highest BCUT2D eigenvalue weighted by atomic mass is 32.1. The first-order valence-electron chi connectivity index (χ1n) is 26.8. The molecule has 0 radical (unpaired) electrons. The van der Waals surface area contributed by atoms with E-state index in [1.54, 1.807) is 30.3 Å². The molecule has 20 N–H and O–H groups in total. The Bertz CT molecular complexity index is 2690. The Balaban J connectivity index is 1.87. The quantitative estimate of drug-likeness (QED) is 0.0221. The molecule has 3 rings (SSSR count). The minimum absolute atomic E-state index is 0.136. The number of hydrogen-bond acceptors (Lipinski definition) is 19. The number of phenols is 1. The molecule has 0 unspecified atom stereocenters. The zero-order valence-electron chi connectivity index (χ0n) is 46.3. The molecule has 13 amide bonds. The van der Waals surface area contributed by atoms with Crippen LogP contribution < -0.4 is 76.1 Å². The Morgan fingerprint density at radius 1 is 0.541 bits per heavy atom. The Kier molecular flexibility index (Phi) is 30.7. The van der Waals surface area contributed by atoms with Crippen LogP contribution >= 0.6 is 25.3 Å². The number of rotatable bonds is 37. The summed E-state index contributed by atoms with van der Waals surface area (Å²) in [5.41, 5.74) is 22.9. The van der Waals surface area contributed by atoms with Gasteiger partial charge in [0.25, 0.3) is 0 Å². The highest BCUT2D eigenvalue weighted by Crippen LogP contribution is 2.21. The van der Waals surface area contributed by atoms with Crippen molar-refractivity contribution >= 4 is 108 Å². The smallest absolute Gasteiger partial charge is 0.322 e. The van der Waals surface area contributed by atoms with Gasteiger partial charge in [-0.1, -0.05) is 42.5 Å². The molecule has 1 fully saturated rings. The number of nitrogens with two attached hydrogens (primary N) is 4. The summed E-state index contributed by atoms with van der Waals surface area (Å²) < 4.78 is 0. The van der Waals surface area contributed by atoms with Crippen molar-refractivity contribution in [2.45, 2.75) is 113 Å². The molecule has 1 saturated heterocycles. The van der Waals surface area contributed by atoms with E-state index < -0.39 is 177 Å². The van der Waals surface area contributed by atoms with Crippen LogP contribution in [-0.2, 0) is 80.0 Å². The third-order valence-electron chi connectivity index (χ3n) is 12.8. The van der Waals surface area contributed by atoms with Gasteiger partial charge in [0.15, 0.2) is 0 Å². The Morgan fingerprint density at radius 3 is 1.60 bits per heavy atom. The van der Waals surface area contributed by atoms with Crippen molar-refractivity contribution in [2.75, 3.05) is 50.8 Å². The lowest BCUT2D eigenvalue weighted by Gasteiger charge is -2.30. The van der Waals surface area contributed by atoms with Crippen LogP contribution in [0.1, 0.15) is 62.5 Å². The number of aromatic hydroxyl groups is 1. The zero-order chi connectivity index (χ0) is 63.2. The molecule has 1 aliphatic rings. The number of carbonyl (C=O) groups excluding carboxylic acids is 13. The number of carbonyl (C=O) groups is 14. The van der Waals surface area contributed by atoms with Crippen LogP contribution in [0, 0.1) is 0 Å². The maximum absolute atomic E-state index is 14.5. The minimum Gasteiger partial charge on any atom is -0.508 e. The van der Waals surface area contributed by atoms with Gasteiger partial charge in [-0.15, -0.1) is 0 Å². The average molecular weight is 1230 g/mol. The van der Waals surface area contributed by atoms with Crippen LogP contribution in [-0.4, -0.2) is 197 Å². The lowest BCUT2D eigenvalue weighted by Crippen LogP contribution is -2.61. The predicted molar refractivity (Wildman–Crippen MR) is 309 cm³/mol. The van der Waals surface area contributed by atoms with Gasteiger partial charge in [0.1, 0.15) is 60.6 Å². The second-order valence-corrected chi connectivity index (χ2v) is 20.2. The van der Waals surface area contributed by atoms with E-state index in [0.717, 1.165) is 0 Å². The predicted octanol–water partition coefficient (Wildman–Crippen LogP) is -6.92. The van der Waals surface area contributed by atoms with Gasteiger partial charge in [0, 0.05) is 37.3 Å². The van der Waals surface area contributed by atoms with E-state index in [0.29, 0.717) is 36.9 Å². The molecule has 2 aromatic rings. The molecular weight excluding hydrogens is 1150 g/mol. The van der Waals surface area contributed by atoms with Gasteiger partial charge in [0.2, 0.25) is 76.8 Å². The summed E-state index contributed by atoms with van der Waals surface area (Å²) in [5.74, 6) is -14.1. The van der Waals surface area contributed by atoms with Crippen molar-refractivity contribution in [1.29, 1.82) is 0 Å². The number of likely N-dealkylation sites (tertiary alicyclic amines) is 1. The highest BCUT2D eigenvalue weighted by Gasteiger charge is 2.40. The van der Waals surface area contributed by atoms with Crippen molar-refractivity contribution in [1.82, 2.24) is 58.1 Å². The van der Waals surface area contributed by atoms with Gasteiger partial charge in [0.05, 0.1) is 26.1 Å². The molecule has 466 valence electrons. The maximum atomic E-state index is 14.5. The molecule has 0 saturated carbocycles. The molecule has 33 heteroatoms. The van der Waals surface area contributed by atoms with E-state index >= 15 is 0 Å². The van der Waals surface area contributed by atoms with Crippen LogP contribution in [0.5, 0.6) is 5.75 Å². The first-order chi connectivity index (χ1) is 40.4. The number of carboxylic acids is 1. The number of amides is 13. The van der Waals surface area contributed by atoms with Crippen molar-refractivity contribution in [3.63, 3.8) is 0 Å². The zero-order valence-corrected chi connectivity index (χ0v) is 48.1. The summed E-state index contributed by atoms with van der Waals surface area (Å²) >= 11 is 8.37. The number of hydrogen-bond donors (Lipinski definition) is 18. The first kappa shape index (κ1) is 70.7. The highest BCUT2D eigenvalue weighted by molar-refractivity contribution is 7.80. The van der Waals surface area contributed by atoms with Crippen molar-refractivity contribution < 1.29 is 77.3 Å². The summed E-state index contributed by atoms with van der Waals surface area (Å²) in [6, 6.07) is 1.85. The molecule has 1 aliphatic heterocycles. The molecule has 0 aliphatic carbocycles. The third kappa shape index (κ3) is 25.5. The third-order valence-corrected chi connectivity index (χ3v) is 13.5. The topological polar surface area (TPSA) is 507 Å². The molecule has 0 spiro atoms. The number of phenolic OH excluding ortho intramolecular Hbond substituents is 1. The summed E-state index contributed by atoms with van der Waals surface area (Å²) in [6.07, 6.45) is -0.658. The standard InChI is InChI=1S/C52H75N15O16S2/c53-17-5-4-9-32(60-41(71)22-54)52(83)67-18-6-10-38(67)51(82)66-37(27-85)50(81)64-35(21-40(56)70)49(80)61-31(15-16-39(55)69)46(77)62-33(19-28-7-2-1-3-8-28)47(78)63-34(20-29-11-13-30(68)14-12-29)48(79)65-36(26-84)45(76)59-24-43(73)57-23-42(72)58-25-44(74)75/h1-3,7-8,11-14,31-38,68,84-85H,4-6,9-10,15-27,53-54H2,(H2,55,69)(H2,56,70)(H,57,73)(H,58,72)(H,59,76)(H,60,71)(H,61,80)(H,62,77)(H,63,78)(H,64,81)(H,65,79)(H,66,82)(H,74,75)/t31-,32-,33-,34-,35-,36-,37-,38-/m0/s1. The summed E-state index contributed by atoms with van der Waals surface area (Å²) in [4.78, 5) is 185. The number of benzene rings is 2. The maximum Gasteiger partial charge on any atom is 0.322 e. The average Bonchev–Trinajstić information content (AvgIpc) is 4.23. The SMILES string of the molecule is NCCCC[C@H](NC(=O)CN)C(=O)N1CCC[C@H]1C(=O)N[C@@H](CS)C(=O)N[C@@H](CC(N)=O)C(=O)N[C@@H](CCC(N)=O)C(=O)N[C@@H](Cc1ccccc1)C(=O)N[C@@H](Cc1ccc(O)cc1)C(=O)N[C@@H](CS)C(=O)NCC(=O)NCC(=O)NCC(=O)O. The summed E-state index contributed by atoms with van der Waals surface area (Å²) in [6.45, 7) is -1.93. The number of nitrogens with one attached hydrogen (secondary N) is 10. The Labute approximate surface area is 499 Å².